The molecule has 1 fully saturated rings. The highest BCUT2D eigenvalue weighted by atomic mass is 35.5. The second kappa shape index (κ2) is 6.95. The van der Waals surface area contributed by atoms with Crippen molar-refractivity contribution in [2.75, 3.05) is 33.9 Å². The first-order valence-electron chi connectivity index (χ1n) is 6.90. The van der Waals surface area contributed by atoms with Crippen molar-refractivity contribution in [2.24, 2.45) is 4.99 Å². The smallest absolute Gasteiger partial charge is 0.191 e. The van der Waals surface area contributed by atoms with E-state index in [0.29, 0.717) is 6.61 Å². The van der Waals surface area contributed by atoms with E-state index in [1.165, 1.54) is 18.4 Å². The Kier molecular flexibility index (Phi) is 5.26. The minimum Gasteiger partial charge on any atom is -0.383 e. The van der Waals surface area contributed by atoms with E-state index in [1.54, 1.807) is 14.2 Å². The van der Waals surface area contributed by atoms with Crippen molar-refractivity contribution >= 4 is 17.6 Å². The summed E-state index contributed by atoms with van der Waals surface area (Å²) in [6.45, 7) is 2.31. The Bertz CT molecular complexity index is 455. The van der Waals surface area contributed by atoms with Gasteiger partial charge in [0, 0.05) is 37.7 Å². The van der Waals surface area contributed by atoms with Crippen LogP contribution in [0.3, 0.4) is 0 Å². The summed E-state index contributed by atoms with van der Waals surface area (Å²) in [6.07, 6.45) is 2.41. The van der Waals surface area contributed by atoms with Gasteiger partial charge in [0.25, 0.3) is 0 Å². The van der Waals surface area contributed by atoms with Gasteiger partial charge in [0.2, 0.25) is 0 Å². The van der Waals surface area contributed by atoms with Gasteiger partial charge in [0.15, 0.2) is 5.96 Å². The summed E-state index contributed by atoms with van der Waals surface area (Å²) >= 11 is 5.95. The minimum absolute atomic E-state index is 0.240. The van der Waals surface area contributed by atoms with Gasteiger partial charge in [-0.2, -0.15) is 0 Å². The van der Waals surface area contributed by atoms with Crippen LogP contribution in [0.5, 0.6) is 0 Å². The highest BCUT2D eigenvalue weighted by Gasteiger charge is 2.44. The lowest BCUT2D eigenvalue weighted by Gasteiger charge is -2.19. The standard InChI is InChI=1S/C15H22ClN3O/c1-17-14(18-9-10-20-2)19-11-15(7-8-15)12-3-5-13(16)6-4-12/h3-6H,7-11H2,1-2H3,(H2,17,18,19). The van der Waals surface area contributed by atoms with Crippen LogP contribution in [0.2, 0.25) is 5.02 Å². The van der Waals surface area contributed by atoms with Crippen molar-refractivity contribution in [3.05, 3.63) is 34.9 Å². The molecule has 0 saturated heterocycles. The topological polar surface area (TPSA) is 45.7 Å². The number of methoxy groups -OCH3 is 1. The van der Waals surface area contributed by atoms with Crippen molar-refractivity contribution in [1.82, 2.24) is 10.6 Å². The average molecular weight is 296 g/mol. The number of halogens is 1. The molecule has 0 radical (unpaired) electrons. The zero-order valence-electron chi connectivity index (χ0n) is 12.1. The monoisotopic (exact) mass is 295 g/mol. The van der Waals surface area contributed by atoms with Crippen LogP contribution >= 0.6 is 11.6 Å². The fraction of sp³-hybridized carbons (Fsp3) is 0.533. The molecule has 4 nitrogen and oxygen atoms in total. The number of hydrogen-bond donors (Lipinski definition) is 2. The molecule has 0 bridgehead atoms. The van der Waals surface area contributed by atoms with Crippen molar-refractivity contribution in [3.63, 3.8) is 0 Å². The molecule has 5 heteroatoms. The number of nitrogens with zero attached hydrogens (tertiary/aromatic N) is 1. The molecular formula is C15H22ClN3O. The van der Waals surface area contributed by atoms with Crippen LogP contribution in [-0.4, -0.2) is 39.8 Å². The highest BCUT2D eigenvalue weighted by molar-refractivity contribution is 6.30. The van der Waals surface area contributed by atoms with Crippen LogP contribution in [0.1, 0.15) is 18.4 Å². The number of guanidine groups is 1. The van der Waals surface area contributed by atoms with Crippen molar-refractivity contribution in [3.8, 4) is 0 Å². The summed E-state index contributed by atoms with van der Waals surface area (Å²) in [5, 5.41) is 7.41. The summed E-state index contributed by atoms with van der Waals surface area (Å²) in [5.41, 5.74) is 1.59. The Labute approximate surface area is 125 Å². The van der Waals surface area contributed by atoms with E-state index in [4.69, 9.17) is 16.3 Å². The molecule has 1 aliphatic carbocycles. The van der Waals surface area contributed by atoms with Crippen LogP contribution in [0.25, 0.3) is 0 Å². The minimum atomic E-state index is 0.240. The first kappa shape index (κ1) is 15.1. The zero-order chi connectivity index (χ0) is 14.4. The Morgan fingerprint density at radius 1 is 1.30 bits per heavy atom. The second-order valence-electron chi connectivity index (χ2n) is 5.13. The van der Waals surface area contributed by atoms with Crippen LogP contribution in [0.4, 0.5) is 0 Å². The van der Waals surface area contributed by atoms with E-state index >= 15 is 0 Å². The zero-order valence-corrected chi connectivity index (χ0v) is 12.8. The Morgan fingerprint density at radius 3 is 2.55 bits per heavy atom. The number of benzene rings is 1. The molecule has 0 amide bonds. The summed E-state index contributed by atoms with van der Waals surface area (Å²) < 4.78 is 5.02. The van der Waals surface area contributed by atoms with E-state index < -0.39 is 0 Å². The molecule has 0 aliphatic heterocycles. The van der Waals surface area contributed by atoms with Gasteiger partial charge in [0.05, 0.1) is 6.61 Å². The Hall–Kier alpha value is -1.26. The molecule has 2 N–H and O–H groups in total. The van der Waals surface area contributed by atoms with Gasteiger partial charge in [-0.25, -0.2) is 0 Å². The molecule has 1 aromatic carbocycles. The van der Waals surface area contributed by atoms with E-state index in [-0.39, 0.29) is 5.41 Å². The third-order valence-electron chi connectivity index (χ3n) is 3.73. The lowest BCUT2D eigenvalue weighted by molar-refractivity contribution is 0.203. The normalized spacial score (nSPS) is 16.9. The molecule has 0 heterocycles. The number of rotatable bonds is 6. The maximum Gasteiger partial charge on any atom is 0.191 e. The molecular weight excluding hydrogens is 274 g/mol. The number of hydrogen-bond acceptors (Lipinski definition) is 2. The average Bonchev–Trinajstić information content (AvgIpc) is 3.24. The summed E-state index contributed by atoms with van der Waals surface area (Å²) in [7, 11) is 3.47. The van der Waals surface area contributed by atoms with Crippen molar-refractivity contribution < 1.29 is 4.74 Å². The SMILES string of the molecule is CN=C(NCCOC)NCC1(c2ccc(Cl)cc2)CC1. The summed E-state index contributed by atoms with van der Waals surface area (Å²) in [4.78, 5) is 4.22. The Morgan fingerprint density at radius 2 is 2.00 bits per heavy atom. The maximum absolute atomic E-state index is 5.95. The van der Waals surface area contributed by atoms with E-state index in [9.17, 15) is 0 Å². The molecule has 0 spiro atoms. The third kappa shape index (κ3) is 3.87. The molecule has 0 unspecified atom stereocenters. The quantitative estimate of drug-likeness (QED) is 0.480. The first-order valence-corrected chi connectivity index (χ1v) is 7.27. The predicted octanol–water partition coefficient (Wildman–Crippen LogP) is 2.18. The highest BCUT2D eigenvalue weighted by Crippen LogP contribution is 2.47. The second-order valence-corrected chi connectivity index (χ2v) is 5.57. The van der Waals surface area contributed by atoms with Crippen molar-refractivity contribution in [1.29, 1.82) is 0 Å². The lowest BCUT2D eigenvalue weighted by Crippen LogP contribution is -2.42. The molecule has 2 rings (SSSR count). The lowest BCUT2D eigenvalue weighted by atomic mass is 9.96. The van der Waals surface area contributed by atoms with Gasteiger partial charge < -0.3 is 15.4 Å². The number of ether oxygens (including phenoxy) is 1. The molecule has 0 aromatic heterocycles. The van der Waals surface area contributed by atoms with Crippen LogP contribution in [-0.2, 0) is 10.2 Å². The molecule has 1 aliphatic rings. The Balaban J connectivity index is 1.87. The molecule has 20 heavy (non-hydrogen) atoms. The number of nitrogens with one attached hydrogen (secondary N) is 2. The maximum atomic E-state index is 5.95. The van der Waals surface area contributed by atoms with Gasteiger partial charge in [-0.1, -0.05) is 23.7 Å². The molecule has 1 saturated carbocycles. The van der Waals surface area contributed by atoms with E-state index in [2.05, 4.69) is 27.8 Å². The summed E-state index contributed by atoms with van der Waals surface area (Å²) in [6, 6.07) is 8.17. The largest absolute Gasteiger partial charge is 0.383 e. The van der Waals surface area contributed by atoms with E-state index in [0.717, 1.165) is 24.1 Å². The predicted molar refractivity (Wildman–Crippen MR) is 83.6 cm³/mol. The molecule has 1 aromatic rings. The van der Waals surface area contributed by atoms with Crippen molar-refractivity contribution in [2.45, 2.75) is 18.3 Å². The fourth-order valence-corrected chi connectivity index (χ4v) is 2.39. The van der Waals surface area contributed by atoms with Gasteiger partial charge in [-0.05, 0) is 30.5 Å². The van der Waals surface area contributed by atoms with Crippen LogP contribution in [0.15, 0.2) is 29.3 Å². The van der Waals surface area contributed by atoms with Gasteiger partial charge in [-0.3, -0.25) is 4.99 Å². The first-order chi connectivity index (χ1) is 9.70. The molecule has 110 valence electrons. The fourth-order valence-electron chi connectivity index (χ4n) is 2.27. The van der Waals surface area contributed by atoms with Gasteiger partial charge in [0.1, 0.15) is 0 Å². The summed E-state index contributed by atoms with van der Waals surface area (Å²) in [5.74, 6) is 0.822. The van der Waals surface area contributed by atoms with E-state index in [1.807, 2.05) is 12.1 Å². The van der Waals surface area contributed by atoms with Crippen LogP contribution in [0, 0.1) is 0 Å². The molecule has 0 atom stereocenters. The van der Waals surface area contributed by atoms with Gasteiger partial charge in [-0.15, -0.1) is 0 Å². The van der Waals surface area contributed by atoms with Crippen LogP contribution < -0.4 is 10.6 Å². The number of aliphatic imine (C=N–C) groups is 1. The van der Waals surface area contributed by atoms with Gasteiger partial charge >= 0.3 is 0 Å². The third-order valence-corrected chi connectivity index (χ3v) is 3.98.